The maximum absolute atomic E-state index is 6.04. The molecule has 0 bridgehead atoms. The molecule has 3 nitrogen and oxygen atoms in total. The second kappa shape index (κ2) is 8.81. The Morgan fingerprint density at radius 2 is 1.64 bits per heavy atom. The lowest BCUT2D eigenvalue weighted by Gasteiger charge is -2.32. The van der Waals surface area contributed by atoms with Crippen molar-refractivity contribution in [2.75, 3.05) is 6.61 Å². The van der Waals surface area contributed by atoms with E-state index in [-0.39, 0.29) is 18.3 Å². The van der Waals surface area contributed by atoms with Crippen LogP contribution in [0.4, 0.5) is 0 Å². The highest BCUT2D eigenvalue weighted by Crippen LogP contribution is 2.37. The van der Waals surface area contributed by atoms with Crippen molar-refractivity contribution in [3.63, 3.8) is 0 Å². The Bertz CT molecular complexity index is 809. The Morgan fingerprint density at radius 3 is 2.36 bits per heavy atom. The number of hydrogen-bond donors (Lipinski definition) is 0. The molecule has 3 rings (SSSR count). The summed E-state index contributed by atoms with van der Waals surface area (Å²) in [6.07, 6.45) is 3.21. The van der Waals surface area contributed by atoms with Crippen LogP contribution >= 0.6 is 0 Å². The van der Waals surface area contributed by atoms with Crippen LogP contribution in [0.3, 0.4) is 0 Å². The van der Waals surface area contributed by atoms with Gasteiger partial charge < -0.3 is 14.0 Å². The van der Waals surface area contributed by atoms with Crippen LogP contribution in [0.25, 0.3) is 10.8 Å². The van der Waals surface area contributed by atoms with Gasteiger partial charge >= 0.3 is 7.12 Å². The summed E-state index contributed by atoms with van der Waals surface area (Å²) in [6.45, 7) is 12.0. The van der Waals surface area contributed by atoms with E-state index in [2.05, 4.69) is 83.1 Å². The van der Waals surface area contributed by atoms with Crippen LogP contribution in [0.5, 0.6) is 0 Å². The number of fused-ring (bicyclic) bond motifs is 1. The third-order valence-corrected chi connectivity index (χ3v) is 5.88. The van der Waals surface area contributed by atoms with Crippen molar-refractivity contribution in [3.8, 4) is 0 Å². The van der Waals surface area contributed by atoms with E-state index in [1.807, 2.05) is 0 Å². The fourth-order valence-corrected chi connectivity index (χ4v) is 3.40. The Morgan fingerprint density at radius 1 is 0.964 bits per heavy atom. The second-order valence-corrected chi connectivity index (χ2v) is 8.83. The standard InChI is InChI=1S/C24H33BO3/c1-19(17-25-27-23(2,3)24(4,5)28-25)10-8-9-15-26-18-20-13-14-21-11-6-7-12-22(21)16-20/h6-7,11-14,16-17H,8-10,15,18H2,1-5H3/b19-17+. The molecule has 0 saturated carbocycles. The number of unbranched alkanes of at least 4 members (excludes halogenated alkanes) is 1. The largest absolute Gasteiger partial charge is 0.487 e. The summed E-state index contributed by atoms with van der Waals surface area (Å²) in [5.41, 5.74) is 2.00. The van der Waals surface area contributed by atoms with Gasteiger partial charge in [0, 0.05) is 6.61 Å². The number of ether oxygens (including phenoxy) is 1. The monoisotopic (exact) mass is 380 g/mol. The highest BCUT2D eigenvalue weighted by molar-refractivity contribution is 6.51. The first-order chi connectivity index (χ1) is 13.3. The van der Waals surface area contributed by atoms with Gasteiger partial charge in [0.05, 0.1) is 17.8 Å². The van der Waals surface area contributed by atoms with Crippen LogP contribution in [0.15, 0.2) is 54.0 Å². The summed E-state index contributed by atoms with van der Waals surface area (Å²) in [6, 6.07) is 15.0. The molecule has 0 unspecified atom stereocenters. The van der Waals surface area contributed by atoms with Crippen molar-refractivity contribution in [2.45, 2.75) is 71.7 Å². The lowest BCUT2D eigenvalue weighted by atomic mass is 9.86. The summed E-state index contributed by atoms with van der Waals surface area (Å²) in [5, 5.41) is 2.54. The van der Waals surface area contributed by atoms with Gasteiger partial charge in [0.25, 0.3) is 0 Å². The maximum Gasteiger partial charge on any atom is 0.487 e. The molecule has 1 aliphatic heterocycles. The minimum atomic E-state index is -0.273. The zero-order valence-electron chi connectivity index (χ0n) is 18.0. The summed E-state index contributed by atoms with van der Waals surface area (Å²) < 4.78 is 17.9. The van der Waals surface area contributed by atoms with E-state index < -0.39 is 0 Å². The minimum Gasteiger partial charge on any atom is -0.400 e. The Balaban J connectivity index is 1.35. The summed E-state index contributed by atoms with van der Waals surface area (Å²) >= 11 is 0. The molecule has 1 aliphatic rings. The van der Waals surface area contributed by atoms with E-state index >= 15 is 0 Å². The highest BCUT2D eigenvalue weighted by atomic mass is 16.7. The molecule has 0 aliphatic carbocycles. The van der Waals surface area contributed by atoms with Gasteiger partial charge in [0.2, 0.25) is 0 Å². The Labute approximate surface area is 170 Å². The molecule has 2 aromatic carbocycles. The lowest BCUT2D eigenvalue weighted by molar-refractivity contribution is 0.00578. The first kappa shape index (κ1) is 21.1. The van der Waals surface area contributed by atoms with E-state index in [4.69, 9.17) is 14.0 Å². The van der Waals surface area contributed by atoms with Crippen LogP contribution in [-0.4, -0.2) is 24.9 Å². The summed E-state index contributed by atoms with van der Waals surface area (Å²) in [4.78, 5) is 0. The average molecular weight is 380 g/mol. The molecule has 1 fully saturated rings. The third-order valence-electron chi connectivity index (χ3n) is 5.88. The summed E-state index contributed by atoms with van der Waals surface area (Å²) in [7, 11) is -0.242. The van der Waals surface area contributed by atoms with E-state index in [0.717, 1.165) is 25.9 Å². The topological polar surface area (TPSA) is 27.7 Å². The molecule has 0 spiro atoms. The number of benzene rings is 2. The van der Waals surface area contributed by atoms with E-state index in [9.17, 15) is 0 Å². The predicted molar refractivity (Wildman–Crippen MR) is 117 cm³/mol. The normalized spacial score (nSPS) is 18.8. The Kier molecular flexibility index (Phi) is 6.64. The van der Waals surface area contributed by atoms with Gasteiger partial charge in [-0.15, -0.1) is 0 Å². The number of allylic oxidation sites excluding steroid dienone is 1. The van der Waals surface area contributed by atoms with Crippen molar-refractivity contribution in [1.82, 2.24) is 0 Å². The fraction of sp³-hybridized carbons (Fsp3) is 0.500. The van der Waals surface area contributed by atoms with Gasteiger partial charge in [0.15, 0.2) is 0 Å². The average Bonchev–Trinajstić information content (AvgIpc) is 2.84. The van der Waals surface area contributed by atoms with Gasteiger partial charge in [0.1, 0.15) is 0 Å². The Hall–Kier alpha value is -1.62. The SMILES string of the molecule is C/C(=C\B1OC(C)(C)C(C)(C)O1)CCCCOCc1ccc2ccccc2c1. The van der Waals surface area contributed by atoms with Crippen LogP contribution in [0.1, 0.15) is 59.4 Å². The van der Waals surface area contributed by atoms with Gasteiger partial charge in [-0.3, -0.25) is 0 Å². The van der Waals surface area contributed by atoms with Crippen molar-refractivity contribution < 1.29 is 14.0 Å². The van der Waals surface area contributed by atoms with Crippen LogP contribution in [-0.2, 0) is 20.7 Å². The maximum atomic E-state index is 6.04. The summed E-state index contributed by atoms with van der Waals surface area (Å²) in [5.74, 6) is 2.12. The molecule has 1 saturated heterocycles. The second-order valence-electron chi connectivity index (χ2n) is 8.83. The molecular weight excluding hydrogens is 347 g/mol. The van der Waals surface area contributed by atoms with Crippen LogP contribution in [0, 0.1) is 0 Å². The van der Waals surface area contributed by atoms with E-state index in [1.54, 1.807) is 0 Å². The van der Waals surface area contributed by atoms with Crippen molar-refractivity contribution in [2.24, 2.45) is 0 Å². The van der Waals surface area contributed by atoms with Crippen molar-refractivity contribution in [3.05, 3.63) is 59.6 Å². The van der Waals surface area contributed by atoms with Crippen molar-refractivity contribution >= 4 is 17.9 Å². The molecule has 0 radical (unpaired) electrons. The fourth-order valence-electron chi connectivity index (χ4n) is 3.40. The molecular formula is C24H33BO3. The number of rotatable bonds is 8. The zero-order chi connectivity index (χ0) is 20.2. The van der Waals surface area contributed by atoms with Gasteiger partial charge in [-0.2, -0.15) is 0 Å². The quantitative estimate of drug-likeness (QED) is 0.409. The van der Waals surface area contributed by atoms with Crippen LogP contribution in [0.2, 0.25) is 0 Å². The molecule has 0 amide bonds. The minimum absolute atomic E-state index is 0.242. The first-order valence-corrected chi connectivity index (χ1v) is 10.4. The predicted octanol–water partition coefficient (Wildman–Crippen LogP) is 6.10. The molecule has 150 valence electrons. The molecule has 0 aromatic heterocycles. The first-order valence-electron chi connectivity index (χ1n) is 10.4. The van der Waals surface area contributed by atoms with Crippen molar-refractivity contribution in [1.29, 1.82) is 0 Å². The zero-order valence-corrected chi connectivity index (χ0v) is 18.0. The lowest BCUT2D eigenvalue weighted by Crippen LogP contribution is -2.41. The molecule has 28 heavy (non-hydrogen) atoms. The molecule has 1 heterocycles. The molecule has 2 aromatic rings. The third kappa shape index (κ3) is 5.25. The molecule has 0 atom stereocenters. The van der Waals surface area contributed by atoms with Gasteiger partial charge in [-0.1, -0.05) is 47.9 Å². The molecule has 4 heteroatoms. The smallest absolute Gasteiger partial charge is 0.400 e. The van der Waals surface area contributed by atoms with E-state index in [1.165, 1.54) is 21.9 Å². The van der Waals surface area contributed by atoms with Crippen LogP contribution < -0.4 is 0 Å². The van der Waals surface area contributed by atoms with E-state index in [0.29, 0.717) is 6.61 Å². The number of hydrogen-bond acceptors (Lipinski definition) is 3. The molecule has 0 N–H and O–H groups in total. The van der Waals surface area contributed by atoms with Gasteiger partial charge in [-0.05, 0) is 76.3 Å². The van der Waals surface area contributed by atoms with Gasteiger partial charge in [-0.25, -0.2) is 0 Å². The highest BCUT2D eigenvalue weighted by Gasteiger charge is 2.50.